The first kappa shape index (κ1) is 30.8. The van der Waals surface area contributed by atoms with Crippen LogP contribution in [0.3, 0.4) is 0 Å². The van der Waals surface area contributed by atoms with E-state index in [9.17, 15) is 9.90 Å². The van der Waals surface area contributed by atoms with E-state index >= 15 is 8.78 Å². The second kappa shape index (κ2) is 12.1. The number of phenolic OH excluding ortho intramolecular Hbond substituents is 1. The largest absolute Gasteiger partial charge is 0.506 e. The molecule has 5 rings (SSSR count). The number of halogens is 2. The summed E-state index contributed by atoms with van der Waals surface area (Å²) >= 11 is 0. The predicted octanol–water partition coefficient (Wildman–Crippen LogP) is 8.77. The minimum Gasteiger partial charge on any atom is -0.506 e. The van der Waals surface area contributed by atoms with Gasteiger partial charge < -0.3 is 19.6 Å². The van der Waals surface area contributed by atoms with Crippen molar-refractivity contribution >= 4 is 17.3 Å². The number of rotatable bonds is 8. The van der Waals surface area contributed by atoms with E-state index in [1.54, 1.807) is 32.9 Å². The Morgan fingerprint density at radius 3 is 2.43 bits per heavy atom. The number of oxazole rings is 1. The quantitative estimate of drug-likeness (QED) is 0.196. The summed E-state index contributed by atoms with van der Waals surface area (Å²) in [4.78, 5) is 20.1. The molecule has 0 saturated carbocycles. The summed E-state index contributed by atoms with van der Waals surface area (Å²) in [6.45, 7) is 11.4. The first-order valence-electron chi connectivity index (χ1n) is 14.6. The molecule has 44 heavy (non-hydrogen) atoms. The van der Waals surface area contributed by atoms with Crippen LogP contribution < -0.4 is 15.0 Å². The number of ether oxygens (including phenoxy) is 1. The highest BCUT2D eigenvalue weighted by molar-refractivity contribution is 6.09. The van der Waals surface area contributed by atoms with Gasteiger partial charge in [-0.2, -0.15) is 4.39 Å². The van der Waals surface area contributed by atoms with Gasteiger partial charge in [0.15, 0.2) is 23.2 Å². The van der Waals surface area contributed by atoms with E-state index in [1.165, 1.54) is 23.1 Å². The molecule has 2 heterocycles. The van der Waals surface area contributed by atoms with E-state index in [-0.39, 0.29) is 51.9 Å². The molecule has 1 amide bonds. The fourth-order valence-corrected chi connectivity index (χ4v) is 5.44. The van der Waals surface area contributed by atoms with Crippen LogP contribution in [-0.2, 0) is 6.61 Å². The third-order valence-electron chi connectivity index (χ3n) is 8.25. The molecule has 2 N–H and O–H groups in total. The molecule has 0 aliphatic carbocycles. The first-order chi connectivity index (χ1) is 20.9. The number of carbonyl (C=O) groups is 1. The van der Waals surface area contributed by atoms with Crippen molar-refractivity contribution in [3.63, 3.8) is 0 Å². The van der Waals surface area contributed by atoms with Crippen LogP contribution in [0, 0.1) is 30.9 Å². The Morgan fingerprint density at radius 2 is 1.77 bits per heavy atom. The first-order valence-corrected chi connectivity index (χ1v) is 14.6. The van der Waals surface area contributed by atoms with Gasteiger partial charge in [-0.3, -0.25) is 9.69 Å². The molecule has 1 aromatic heterocycles. The molecule has 0 saturated heterocycles. The average molecular weight is 602 g/mol. The van der Waals surface area contributed by atoms with Crippen molar-refractivity contribution in [1.29, 1.82) is 0 Å². The van der Waals surface area contributed by atoms with Crippen LogP contribution in [0.1, 0.15) is 79.8 Å². The number of para-hydroxylation sites is 1. The molecule has 0 radical (unpaired) electrons. The van der Waals surface area contributed by atoms with Crippen LogP contribution in [0.5, 0.6) is 11.5 Å². The summed E-state index contributed by atoms with van der Waals surface area (Å²) in [5, 5.41) is 14.4. The molecule has 1 aliphatic heterocycles. The Balaban J connectivity index is 1.71. The van der Waals surface area contributed by atoms with Gasteiger partial charge >= 0.3 is 0 Å². The van der Waals surface area contributed by atoms with Crippen molar-refractivity contribution in [1.82, 2.24) is 4.98 Å². The summed E-state index contributed by atoms with van der Waals surface area (Å²) in [7, 11) is 0. The summed E-state index contributed by atoms with van der Waals surface area (Å²) in [5.74, 6) is -2.63. The molecule has 0 fully saturated rings. The predicted molar refractivity (Wildman–Crippen MR) is 166 cm³/mol. The number of fused-ring (bicyclic) bond motifs is 1. The molecule has 1 aliphatic rings. The maximum atomic E-state index is 16.3. The number of allylic oxidation sites excluding steroid dienone is 1. The van der Waals surface area contributed by atoms with E-state index in [2.05, 4.69) is 31.1 Å². The lowest BCUT2D eigenvalue weighted by molar-refractivity contribution is 0.0973. The van der Waals surface area contributed by atoms with Gasteiger partial charge in [0.2, 0.25) is 5.82 Å². The van der Waals surface area contributed by atoms with Gasteiger partial charge in [-0.05, 0) is 61.1 Å². The van der Waals surface area contributed by atoms with Crippen LogP contribution in [0.15, 0.2) is 76.4 Å². The molecule has 9 heteroatoms. The number of aromatic nitrogens is 1. The Labute approximate surface area is 256 Å². The monoisotopic (exact) mass is 601 g/mol. The van der Waals surface area contributed by atoms with Crippen LogP contribution in [-0.4, -0.2) is 16.0 Å². The third kappa shape index (κ3) is 5.91. The second-order valence-electron chi connectivity index (χ2n) is 11.9. The van der Waals surface area contributed by atoms with Crippen LogP contribution in [0.4, 0.5) is 20.2 Å². The lowest BCUT2D eigenvalue weighted by atomic mass is 9.83. The molecular formula is C35H37F2N3O4. The number of aromatic hydroxyl groups is 1. The number of carbonyl (C=O) groups excluding carboxylic acids is 1. The molecule has 1 atom stereocenters. The standard InChI is InChI=1S/C35H37F2N3O4/c1-7-35(5,6)18-25-20(2)33(24-16-17-28(30(37)29(24)36)43-19-23-12-9-8-10-13-23)40(26-14-11-15-27(41)32(26)39-25)34(42)31-21(3)44-22(4)38-31/h8-17,33,39,41H,7,18-19H2,1-6H3. The molecule has 4 aromatic rings. The van der Waals surface area contributed by atoms with Crippen molar-refractivity contribution in [2.45, 2.75) is 67.0 Å². The molecule has 3 aromatic carbocycles. The molecular weight excluding hydrogens is 564 g/mol. The maximum Gasteiger partial charge on any atom is 0.281 e. The van der Waals surface area contributed by atoms with Crippen LogP contribution in [0.2, 0.25) is 0 Å². The number of nitrogens with zero attached hydrogens (tertiary/aromatic N) is 2. The van der Waals surface area contributed by atoms with Crippen molar-refractivity contribution in [3.8, 4) is 11.5 Å². The summed E-state index contributed by atoms with van der Waals surface area (Å²) < 4.78 is 43.2. The third-order valence-corrected chi connectivity index (χ3v) is 8.25. The fourth-order valence-electron chi connectivity index (χ4n) is 5.44. The molecule has 0 bridgehead atoms. The van der Waals surface area contributed by atoms with Crippen molar-refractivity contribution in [2.24, 2.45) is 5.41 Å². The average Bonchev–Trinajstić information content (AvgIpc) is 3.29. The van der Waals surface area contributed by atoms with Crippen LogP contribution >= 0.6 is 0 Å². The van der Waals surface area contributed by atoms with E-state index < -0.39 is 23.6 Å². The Hall–Kier alpha value is -4.66. The van der Waals surface area contributed by atoms with Gasteiger partial charge in [-0.25, -0.2) is 9.37 Å². The van der Waals surface area contributed by atoms with Gasteiger partial charge in [0.05, 0.1) is 11.7 Å². The summed E-state index contributed by atoms with van der Waals surface area (Å²) in [6.07, 6.45) is 1.35. The van der Waals surface area contributed by atoms with Gasteiger partial charge in [0, 0.05) is 18.2 Å². The van der Waals surface area contributed by atoms with E-state index in [1.807, 2.05) is 30.3 Å². The number of nitrogens with one attached hydrogen (secondary N) is 1. The van der Waals surface area contributed by atoms with Gasteiger partial charge in [0.25, 0.3) is 5.91 Å². The number of hydrogen-bond donors (Lipinski definition) is 2. The van der Waals surface area contributed by atoms with E-state index in [4.69, 9.17) is 9.15 Å². The molecule has 1 unspecified atom stereocenters. The zero-order valence-corrected chi connectivity index (χ0v) is 25.8. The summed E-state index contributed by atoms with van der Waals surface area (Å²) in [6, 6.07) is 15.7. The Bertz CT molecular complexity index is 1730. The number of hydrogen-bond acceptors (Lipinski definition) is 6. The topological polar surface area (TPSA) is 87.8 Å². The van der Waals surface area contributed by atoms with Gasteiger partial charge in [-0.1, -0.05) is 63.6 Å². The molecule has 0 spiro atoms. The number of phenols is 1. The molecule has 7 nitrogen and oxygen atoms in total. The number of amides is 1. The fraction of sp³-hybridized carbons (Fsp3) is 0.314. The minimum atomic E-state index is -1.16. The minimum absolute atomic E-state index is 0.0376. The highest BCUT2D eigenvalue weighted by atomic mass is 19.2. The van der Waals surface area contributed by atoms with Crippen molar-refractivity contribution in [3.05, 3.63) is 112 Å². The van der Waals surface area contributed by atoms with E-state index in [0.29, 0.717) is 23.6 Å². The number of aryl methyl sites for hydroxylation is 2. The maximum absolute atomic E-state index is 16.3. The highest BCUT2D eigenvalue weighted by Gasteiger charge is 2.40. The van der Waals surface area contributed by atoms with Crippen LogP contribution in [0.25, 0.3) is 0 Å². The number of benzene rings is 3. The lowest BCUT2D eigenvalue weighted by Gasteiger charge is -2.33. The Morgan fingerprint density at radius 1 is 1.05 bits per heavy atom. The van der Waals surface area contributed by atoms with Gasteiger partial charge in [0.1, 0.15) is 23.8 Å². The highest BCUT2D eigenvalue weighted by Crippen LogP contribution is 2.48. The van der Waals surface area contributed by atoms with Gasteiger partial charge in [-0.15, -0.1) is 0 Å². The lowest BCUT2D eigenvalue weighted by Crippen LogP contribution is -2.37. The normalized spacial score (nSPS) is 15.1. The number of anilines is 2. The second-order valence-corrected chi connectivity index (χ2v) is 11.9. The van der Waals surface area contributed by atoms with Crippen molar-refractivity contribution in [2.75, 3.05) is 10.2 Å². The summed E-state index contributed by atoms with van der Waals surface area (Å²) in [5.41, 5.74) is 2.44. The SMILES string of the molecule is CCC(C)(C)CC1=C(C)C(c2ccc(OCc3ccccc3)c(F)c2F)N(C(=O)c2nc(C)oc2C)c2cccc(O)c2N1. The zero-order valence-electron chi connectivity index (χ0n) is 25.8. The smallest absolute Gasteiger partial charge is 0.281 e. The zero-order chi connectivity index (χ0) is 31.8. The Kier molecular flexibility index (Phi) is 8.50. The molecule has 230 valence electrons. The van der Waals surface area contributed by atoms with E-state index in [0.717, 1.165) is 12.0 Å². The van der Waals surface area contributed by atoms with Crippen molar-refractivity contribution < 1.29 is 27.8 Å².